The molecule has 2 unspecified atom stereocenters. The number of fused-ring (bicyclic) bond motifs is 3. The molecule has 5 nitrogen and oxygen atoms in total. The average molecular weight is 922 g/mol. The van der Waals surface area contributed by atoms with Gasteiger partial charge in [-0.15, -0.1) is 0 Å². The van der Waals surface area contributed by atoms with E-state index >= 15 is 0 Å². The number of hydrogen-bond acceptors (Lipinski definition) is 5. The van der Waals surface area contributed by atoms with Crippen LogP contribution in [0, 0.1) is 0 Å². The van der Waals surface area contributed by atoms with Gasteiger partial charge in [-0.25, -0.2) is 15.0 Å². The van der Waals surface area contributed by atoms with Gasteiger partial charge in [0.1, 0.15) is 6.17 Å². The second-order valence-corrected chi connectivity index (χ2v) is 18.4. The molecule has 0 bridgehead atoms. The molecule has 0 radical (unpaired) electrons. The van der Waals surface area contributed by atoms with E-state index in [-0.39, 0.29) is 12.2 Å². The fraction of sp³-hybridized carbons (Fsp3) is 0.0299. The standard InChI is InChI=1S/C67H47N5/c1-4-18-47(19-5-1)62-43-63(69-64(68-62)49-20-6-2-7-21-49)48-35-31-45(32-36-48)53-39-41-59(57-28-14-12-26-55(53)57)60-42-40-54(56-27-13-15-29-58(56)60)46-33-37-51(38-34-46)66-70-65(50-22-8-3-9-23-50)71-67(72-66)61-30-16-24-44-17-10-11-25-52(44)61/h1-43,62,64,68-69H. The lowest BCUT2D eigenvalue weighted by Gasteiger charge is -2.33. The number of hydrogen-bond donors (Lipinski definition) is 2. The number of nitrogens with zero attached hydrogens (tertiary/aromatic N) is 3. The van der Waals surface area contributed by atoms with Crippen LogP contribution in [0.5, 0.6) is 0 Å². The summed E-state index contributed by atoms with van der Waals surface area (Å²) in [4.78, 5) is 15.2. The first-order valence-electron chi connectivity index (χ1n) is 24.6. The molecule has 1 aliphatic rings. The summed E-state index contributed by atoms with van der Waals surface area (Å²) in [6.07, 6.45) is 2.27. The van der Waals surface area contributed by atoms with Gasteiger partial charge in [-0.2, -0.15) is 0 Å². The molecule has 12 aromatic rings. The summed E-state index contributed by atoms with van der Waals surface area (Å²) in [6.45, 7) is 0. The zero-order valence-corrected chi connectivity index (χ0v) is 39.3. The molecule has 2 N–H and O–H groups in total. The molecule has 1 aromatic heterocycles. The van der Waals surface area contributed by atoms with Crippen LogP contribution in [0.1, 0.15) is 28.9 Å². The highest BCUT2D eigenvalue weighted by Gasteiger charge is 2.24. The topological polar surface area (TPSA) is 62.7 Å². The van der Waals surface area contributed by atoms with Gasteiger partial charge >= 0.3 is 0 Å². The van der Waals surface area contributed by atoms with Crippen LogP contribution in [0.4, 0.5) is 0 Å². The highest BCUT2D eigenvalue weighted by Crippen LogP contribution is 2.42. The molecule has 0 saturated carbocycles. The Kier molecular flexibility index (Phi) is 11.0. The van der Waals surface area contributed by atoms with Gasteiger partial charge in [0.2, 0.25) is 0 Å². The van der Waals surface area contributed by atoms with Gasteiger partial charge in [0.15, 0.2) is 17.5 Å². The van der Waals surface area contributed by atoms with Gasteiger partial charge in [-0.05, 0) is 88.5 Å². The molecular weight excluding hydrogens is 875 g/mol. The summed E-state index contributed by atoms with van der Waals surface area (Å²) < 4.78 is 0. The molecule has 0 spiro atoms. The van der Waals surface area contributed by atoms with Crippen LogP contribution in [-0.4, -0.2) is 15.0 Å². The van der Waals surface area contributed by atoms with Gasteiger partial charge in [0, 0.05) is 22.4 Å². The Morgan fingerprint density at radius 1 is 0.278 bits per heavy atom. The second kappa shape index (κ2) is 18.6. The van der Waals surface area contributed by atoms with E-state index in [1.54, 1.807) is 0 Å². The lowest BCUT2D eigenvalue weighted by Crippen LogP contribution is -2.39. The summed E-state index contributed by atoms with van der Waals surface area (Å²) in [5.41, 5.74) is 14.6. The lowest BCUT2D eigenvalue weighted by atomic mass is 9.88. The first kappa shape index (κ1) is 42.8. The van der Waals surface area contributed by atoms with Crippen molar-refractivity contribution in [1.82, 2.24) is 25.6 Å². The predicted molar refractivity (Wildman–Crippen MR) is 298 cm³/mol. The van der Waals surface area contributed by atoms with Gasteiger partial charge in [-0.3, -0.25) is 5.32 Å². The largest absolute Gasteiger partial charge is 0.366 e. The highest BCUT2D eigenvalue weighted by atomic mass is 15.2. The zero-order chi connectivity index (χ0) is 47.8. The van der Waals surface area contributed by atoms with Crippen LogP contribution in [0.2, 0.25) is 0 Å². The normalized spacial score (nSPS) is 14.5. The van der Waals surface area contributed by atoms with Crippen LogP contribution in [0.15, 0.2) is 261 Å². The van der Waals surface area contributed by atoms with E-state index in [1.807, 2.05) is 30.3 Å². The van der Waals surface area contributed by atoms with Crippen molar-refractivity contribution in [2.75, 3.05) is 0 Å². The molecule has 13 rings (SSSR count). The highest BCUT2D eigenvalue weighted by molar-refractivity contribution is 6.12. The average Bonchev–Trinajstić information content (AvgIpc) is 3.47. The summed E-state index contributed by atoms with van der Waals surface area (Å²) in [6, 6.07) is 90.6. The molecule has 340 valence electrons. The van der Waals surface area contributed by atoms with Crippen LogP contribution in [-0.2, 0) is 0 Å². The Balaban J connectivity index is 0.827. The molecule has 72 heavy (non-hydrogen) atoms. The third-order valence-electron chi connectivity index (χ3n) is 14.1. The fourth-order valence-corrected chi connectivity index (χ4v) is 10.5. The Labute approximate surface area is 418 Å². The predicted octanol–water partition coefficient (Wildman–Crippen LogP) is 16.3. The minimum atomic E-state index is -0.0312. The number of nitrogens with one attached hydrogen (secondary N) is 2. The van der Waals surface area contributed by atoms with Crippen molar-refractivity contribution in [3.63, 3.8) is 0 Å². The van der Waals surface area contributed by atoms with Crippen molar-refractivity contribution < 1.29 is 0 Å². The quantitative estimate of drug-likeness (QED) is 0.151. The molecule has 11 aromatic carbocycles. The number of aromatic nitrogens is 3. The molecular formula is C67H47N5. The summed E-state index contributed by atoms with van der Waals surface area (Å²) in [5, 5.41) is 14.7. The van der Waals surface area contributed by atoms with Crippen LogP contribution < -0.4 is 10.6 Å². The summed E-state index contributed by atoms with van der Waals surface area (Å²) in [5.74, 6) is 1.93. The Morgan fingerprint density at radius 3 is 1.28 bits per heavy atom. The molecule has 0 saturated heterocycles. The first-order chi connectivity index (χ1) is 35.7. The van der Waals surface area contributed by atoms with E-state index in [1.165, 1.54) is 60.5 Å². The minimum absolute atomic E-state index is 0.0312. The third-order valence-corrected chi connectivity index (χ3v) is 14.1. The van der Waals surface area contributed by atoms with Crippen LogP contribution in [0.3, 0.4) is 0 Å². The Bertz CT molecular complexity index is 3960. The summed E-state index contributed by atoms with van der Waals surface area (Å²) >= 11 is 0. The van der Waals surface area contributed by atoms with Crippen molar-refractivity contribution in [3.8, 4) is 67.5 Å². The Morgan fingerprint density at radius 2 is 0.694 bits per heavy atom. The van der Waals surface area contributed by atoms with Crippen molar-refractivity contribution in [1.29, 1.82) is 0 Å². The van der Waals surface area contributed by atoms with Gasteiger partial charge < -0.3 is 5.32 Å². The summed E-state index contributed by atoms with van der Waals surface area (Å²) in [7, 11) is 0. The molecule has 5 heteroatoms. The molecule has 0 aliphatic carbocycles. The second-order valence-electron chi connectivity index (χ2n) is 18.4. The lowest BCUT2D eigenvalue weighted by molar-refractivity contribution is 0.442. The van der Waals surface area contributed by atoms with Crippen molar-refractivity contribution in [2.24, 2.45) is 0 Å². The SMILES string of the molecule is C1=C(c2ccc(-c3ccc(-c4ccc(-c5ccc(-c6nc(-c7ccccc7)nc(-c7cccc8ccccc78)n6)cc5)c5ccccc45)c4ccccc34)cc2)NC(c2ccccc2)NC1c1ccccc1. The van der Waals surface area contributed by atoms with Gasteiger partial charge in [-0.1, -0.05) is 255 Å². The van der Waals surface area contributed by atoms with E-state index in [0.29, 0.717) is 17.5 Å². The molecule has 2 atom stereocenters. The molecule has 1 aliphatic heterocycles. The third kappa shape index (κ3) is 8.08. The molecule has 0 fully saturated rings. The Hall–Kier alpha value is -9.29. The zero-order valence-electron chi connectivity index (χ0n) is 39.3. The van der Waals surface area contributed by atoms with Crippen molar-refractivity contribution in [3.05, 3.63) is 278 Å². The maximum atomic E-state index is 5.12. The van der Waals surface area contributed by atoms with Gasteiger partial charge in [0.05, 0.1) is 6.04 Å². The molecule has 2 heterocycles. The van der Waals surface area contributed by atoms with Crippen molar-refractivity contribution >= 4 is 38.0 Å². The minimum Gasteiger partial charge on any atom is -0.366 e. The van der Waals surface area contributed by atoms with E-state index in [2.05, 4.69) is 241 Å². The van der Waals surface area contributed by atoms with Crippen LogP contribution in [0.25, 0.3) is 106 Å². The maximum Gasteiger partial charge on any atom is 0.164 e. The van der Waals surface area contributed by atoms with E-state index in [0.717, 1.165) is 44.3 Å². The van der Waals surface area contributed by atoms with Crippen molar-refractivity contribution in [2.45, 2.75) is 12.2 Å². The molecule has 0 amide bonds. The van der Waals surface area contributed by atoms with E-state index in [9.17, 15) is 0 Å². The fourth-order valence-electron chi connectivity index (χ4n) is 10.5. The van der Waals surface area contributed by atoms with E-state index < -0.39 is 0 Å². The smallest absolute Gasteiger partial charge is 0.164 e. The first-order valence-corrected chi connectivity index (χ1v) is 24.6. The van der Waals surface area contributed by atoms with E-state index in [4.69, 9.17) is 15.0 Å². The number of benzene rings is 11. The van der Waals surface area contributed by atoms with Gasteiger partial charge in [0.25, 0.3) is 0 Å². The number of rotatable bonds is 9. The monoisotopic (exact) mass is 921 g/mol. The maximum absolute atomic E-state index is 5.12. The van der Waals surface area contributed by atoms with Crippen LogP contribution >= 0.6 is 0 Å².